The van der Waals surface area contributed by atoms with Crippen molar-refractivity contribution in [2.75, 3.05) is 17.7 Å². The van der Waals surface area contributed by atoms with E-state index in [1.807, 2.05) is 49.4 Å². The van der Waals surface area contributed by atoms with E-state index in [4.69, 9.17) is 10.5 Å². The van der Waals surface area contributed by atoms with Crippen LogP contribution in [0.15, 0.2) is 46.9 Å². The van der Waals surface area contributed by atoms with E-state index in [0.29, 0.717) is 18.0 Å². The Labute approximate surface area is 132 Å². The smallest absolute Gasteiger partial charge is 0.250 e. The van der Waals surface area contributed by atoms with Gasteiger partial charge in [0.1, 0.15) is 6.61 Å². The van der Waals surface area contributed by atoms with Crippen LogP contribution in [0.2, 0.25) is 0 Å². The number of nitrogens with two attached hydrogens (primary N) is 1. The van der Waals surface area contributed by atoms with E-state index in [1.165, 1.54) is 0 Å². The lowest BCUT2D eigenvalue weighted by Gasteiger charge is -2.11. The van der Waals surface area contributed by atoms with Crippen LogP contribution >= 0.6 is 15.9 Å². The van der Waals surface area contributed by atoms with Gasteiger partial charge in [0.15, 0.2) is 0 Å². The molecule has 0 heterocycles. The van der Waals surface area contributed by atoms with Crippen molar-refractivity contribution >= 4 is 33.2 Å². The van der Waals surface area contributed by atoms with E-state index >= 15 is 0 Å². The number of halogens is 1. The van der Waals surface area contributed by atoms with Gasteiger partial charge < -0.3 is 15.8 Å². The Bertz CT molecular complexity index is 606. The van der Waals surface area contributed by atoms with Crippen molar-refractivity contribution in [2.45, 2.75) is 13.5 Å². The molecule has 5 heteroatoms. The van der Waals surface area contributed by atoms with Crippen LogP contribution in [0, 0.1) is 6.92 Å². The minimum absolute atomic E-state index is 0.0192. The van der Waals surface area contributed by atoms with E-state index in [2.05, 4.69) is 21.2 Å². The molecule has 0 radical (unpaired) electrons. The average Bonchev–Trinajstić information content (AvgIpc) is 2.44. The summed E-state index contributed by atoms with van der Waals surface area (Å²) in [5.74, 6) is -0.234. The molecule has 3 N–H and O–H groups in total. The van der Waals surface area contributed by atoms with Gasteiger partial charge >= 0.3 is 0 Å². The molecule has 4 nitrogen and oxygen atoms in total. The van der Waals surface area contributed by atoms with Crippen molar-refractivity contribution in [2.24, 2.45) is 0 Å². The van der Waals surface area contributed by atoms with Gasteiger partial charge in [-0.2, -0.15) is 0 Å². The van der Waals surface area contributed by atoms with Gasteiger partial charge in [-0.25, -0.2) is 0 Å². The zero-order valence-corrected chi connectivity index (χ0v) is 13.3. The van der Waals surface area contributed by atoms with Crippen LogP contribution in [0.25, 0.3) is 0 Å². The normalized spacial score (nSPS) is 10.4. The fourth-order valence-corrected chi connectivity index (χ4v) is 2.60. The molecule has 0 aromatic heterocycles. The number of hydrogen-bond acceptors (Lipinski definition) is 3. The number of nitrogen functional groups attached to an aromatic ring is 1. The molecule has 21 heavy (non-hydrogen) atoms. The Morgan fingerprint density at radius 3 is 2.67 bits per heavy atom. The number of carbonyl (C=O) groups is 1. The van der Waals surface area contributed by atoms with Crippen molar-refractivity contribution < 1.29 is 9.53 Å². The zero-order chi connectivity index (χ0) is 15.2. The predicted molar refractivity (Wildman–Crippen MR) is 88.0 cm³/mol. The Hall–Kier alpha value is -1.85. The van der Waals surface area contributed by atoms with Crippen LogP contribution < -0.4 is 11.1 Å². The Balaban J connectivity index is 1.88. The molecule has 2 rings (SSSR count). The van der Waals surface area contributed by atoms with Gasteiger partial charge in [-0.1, -0.05) is 30.3 Å². The first-order valence-electron chi connectivity index (χ1n) is 6.53. The van der Waals surface area contributed by atoms with Gasteiger partial charge in [-0.15, -0.1) is 0 Å². The van der Waals surface area contributed by atoms with Gasteiger partial charge in [0, 0.05) is 4.47 Å². The molecule has 0 atom stereocenters. The quantitative estimate of drug-likeness (QED) is 0.812. The van der Waals surface area contributed by atoms with E-state index < -0.39 is 0 Å². The highest BCUT2D eigenvalue weighted by Crippen LogP contribution is 2.30. The minimum atomic E-state index is -0.234. The first-order valence-corrected chi connectivity index (χ1v) is 7.32. The zero-order valence-electron chi connectivity index (χ0n) is 11.7. The number of rotatable bonds is 5. The number of amides is 1. The lowest BCUT2D eigenvalue weighted by molar-refractivity contribution is -0.121. The van der Waals surface area contributed by atoms with E-state index in [9.17, 15) is 4.79 Å². The van der Waals surface area contributed by atoms with Crippen LogP contribution in [0.4, 0.5) is 11.4 Å². The van der Waals surface area contributed by atoms with Crippen molar-refractivity contribution in [3.05, 3.63) is 58.1 Å². The van der Waals surface area contributed by atoms with Gasteiger partial charge in [-0.05, 0) is 46.1 Å². The summed E-state index contributed by atoms with van der Waals surface area (Å²) in [6.07, 6.45) is 0. The summed E-state index contributed by atoms with van der Waals surface area (Å²) in [5, 5.41) is 2.76. The van der Waals surface area contributed by atoms with Gasteiger partial charge in [0.05, 0.1) is 18.0 Å². The van der Waals surface area contributed by atoms with Crippen LogP contribution in [-0.2, 0) is 16.1 Å². The molecule has 2 aromatic carbocycles. The molecule has 0 aliphatic heterocycles. The van der Waals surface area contributed by atoms with Crippen LogP contribution in [0.1, 0.15) is 11.1 Å². The van der Waals surface area contributed by atoms with E-state index in [-0.39, 0.29) is 12.5 Å². The number of hydrogen-bond donors (Lipinski definition) is 2. The number of nitrogens with one attached hydrogen (secondary N) is 1. The molecule has 0 aliphatic rings. The lowest BCUT2D eigenvalue weighted by Crippen LogP contribution is -2.19. The average molecular weight is 349 g/mol. The summed E-state index contributed by atoms with van der Waals surface area (Å²) in [7, 11) is 0. The maximum Gasteiger partial charge on any atom is 0.250 e. The lowest BCUT2D eigenvalue weighted by atomic mass is 10.2. The summed E-state index contributed by atoms with van der Waals surface area (Å²) >= 11 is 3.40. The molecule has 0 saturated heterocycles. The molecule has 110 valence electrons. The number of aryl methyl sites for hydroxylation is 1. The van der Waals surface area contributed by atoms with Crippen LogP contribution in [-0.4, -0.2) is 12.5 Å². The second-order valence-electron chi connectivity index (χ2n) is 4.74. The Kier molecular flexibility index (Phi) is 5.36. The van der Waals surface area contributed by atoms with E-state index in [1.54, 1.807) is 0 Å². The maximum absolute atomic E-state index is 11.9. The summed E-state index contributed by atoms with van der Waals surface area (Å²) in [6, 6.07) is 13.4. The van der Waals surface area contributed by atoms with Crippen molar-refractivity contribution in [3.63, 3.8) is 0 Å². The fourth-order valence-electron chi connectivity index (χ4n) is 1.91. The van der Waals surface area contributed by atoms with Crippen LogP contribution in [0.5, 0.6) is 0 Å². The molecule has 0 aliphatic carbocycles. The predicted octanol–water partition coefficient (Wildman–Crippen LogP) is 3.50. The fraction of sp³-hybridized carbons (Fsp3) is 0.188. The first-order chi connectivity index (χ1) is 10.1. The molecule has 1 amide bonds. The van der Waals surface area contributed by atoms with Crippen molar-refractivity contribution in [1.82, 2.24) is 0 Å². The largest absolute Gasteiger partial charge is 0.397 e. The molecule has 0 saturated carbocycles. The van der Waals surface area contributed by atoms with Crippen molar-refractivity contribution in [3.8, 4) is 0 Å². The number of anilines is 2. The monoisotopic (exact) mass is 348 g/mol. The highest BCUT2D eigenvalue weighted by Gasteiger charge is 2.10. The Morgan fingerprint density at radius 1 is 1.29 bits per heavy atom. The molecule has 2 aromatic rings. The molecule has 0 bridgehead atoms. The Morgan fingerprint density at radius 2 is 2.00 bits per heavy atom. The third kappa shape index (κ3) is 4.58. The minimum Gasteiger partial charge on any atom is -0.397 e. The highest BCUT2D eigenvalue weighted by molar-refractivity contribution is 9.10. The second kappa shape index (κ2) is 7.24. The molecule has 0 unspecified atom stereocenters. The van der Waals surface area contributed by atoms with E-state index in [0.717, 1.165) is 15.6 Å². The third-order valence-electron chi connectivity index (χ3n) is 2.87. The van der Waals surface area contributed by atoms with Gasteiger partial charge in [0.2, 0.25) is 5.91 Å². The number of benzene rings is 2. The first kappa shape index (κ1) is 15.5. The SMILES string of the molecule is Cc1cc(N)c(NC(=O)COCc2ccccc2)c(Br)c1. The number of ether oxygens (including phenoxy) is 1. The standard InChI is InChI=1S/C16H17BrN2O2/c1-11-7-13(17)16(14(18)8-11)19-15(20)10-21-9-12-5-3-2-4-6-12/h2-8H,9-10,18H2,1H3,(H,19,20). The highest BCUT2D eigenvalue weighted by atomic mass is 79.9. The topological polar surface area (TPSA) is 64.3 Å². The van der Waals surface area contributed by atoms with Gasteiger partial charge in [0.25, 0.3) is 0 Å². The summed E-state index contributed by atoms with van der Waals surface area (Å²) in [4.78, 5) is 11.9. The number of carbonyl (C=O) groups excluding carboxylic acids is 1. The molecule has 0 fully saturated rings. The van der Waals surface area contributed by atoms with Crippen LogP contribution in [0.3, 0.4) is 0 Å². The summed E-state index contributed by atoms with van der Waals surface area (Å²) < 4.78 is 6.15. The van der Waals surface area contributed by atoms with Crippen molar-refractivity contribution in [1.29, 1.82) is 0 Å². The maximum atomic E-state index is 11.9. The third-order valence-corrected chi connectivity index (χ3v) is 3.50. The summed E-state index contributed by atoms with van der Waals surface area (Å²) in [6.45, 7) is 2.32. The van der Waals surface area contributed by atoms with Gasteiger partial charge in [-0.3, -0.25) is 4.79 Å². The molecular weight excluding hydrogens is 332 g/mol. The molecular formula is C16H17BrN2O2. The second-order valence-corrected chi connectivity index (χ2v) is 5.59. The summed E-state index contributed by atoms with van der Waals surface area (Å²) in [5.41, 5.74) is 9.06. The molecule has 0 spiro atoms.